The molecule has 1 aromatic rings. The lowest BCUT2D eigenvalue weighted by Gasteiger charge is -2.27. The van der Waals surface area contributed by atoms with Gasteiger partial charge in [-0.05, 0) is 43.7 Å². The van der Waals surface area contributed by atoms with Gasteiger partial charge in [-0.15, -0.1) is 11.8 Å². The van der Waals surface area contributed by atoms with Crippen LogP contribution in [0.5, 0.6) is 0 Å². The van der Waals surface area contributed by atoms with Crippen LogP contribution in [0.4, 0.5) is 10.1 Å². The van der Waals surface area contributed by atoms with Gasteiger partial charge in [0, 0.05) is 31.1 Å². The number of hydrogen-bond acceptors (Lipinski definition) is 4. The van der Waals surface area contributed by atoms with Gasteiger partial charge in [0.25, 0.3) is 0 Å². The Hall–Kier alpha value is -0.490. The Morgan fingerprint density at radius 1 is 1.07 bits per heavy atom. The summed E-state index contributed by atoms with van der Waals surface area (Å²) in [5, 5.41) is 10.5. The van der Waals surface area contributed by atoms with Crippen molar-refractivity contribution in [3.8, 4) is 0 Å². The predicted octanol–water partition coefficient (Wildman–Crippen LogP) is 6.28. The van der Waals surface area contributed by atoms with Crippen LogP contribution in [-0.4, -0.2) is 39.0 Å². The number of halogens is 2. The van der Waals surface area contributed by atoms with Crippen molar-refractivity contribution in [1.29, 1.82) is 0 Å². The van der Waals surface area contributed by atoms with Gasteiger partial charge >= 0.3 is 0 Å². The molecule has 0 bridgehead atoms. The van der Waals surface area contributed by atoms with Crippen LogP contribution >= 0.6 is 23.4 Å². The maximum atomic E-state index is 13.7. The van der Waals surface area contributed by atoms with Gasteiger partial charge in [-0.2, -0.15) is 0 Å². The molecule has 0 radical (unpaired) electrons. The summed E-state index contributed by atoms with van der Waals surface area (Å²) in [4.78, 5) is 0.584. The van der Waals surface area contributed by atoms with Crippen molar-refractivity contribution in [2.75, 3.05) is 44.3 Å². The van der Waals surface area contributed by atoms with E-state index in [-0.39, 0.29) is 5.82 Å². The second kappa shape index (κ2) is 20.2. The number of hydrogen-bond donors (Lipinski definition) is 3. The van der Waals surface area contributed by atoms with Crippen molar-refractivity contribution in [3.63, 3.8) is 0 Å². The number of thioether (sulfide) groups is 1. The Kier molecular flexibility index (Phi) is 21.5. The molecule has 0 aliphatic carbocycles. The molecule has 6 heteroatoms. The minimum absolute atomic E-state index is 0.217. The molecule has 0 atom stereocenters. The van der Waals surface area contributed by atoms with E-state index in [1.807, 2.05) is 47.8 Å². The quantitative estimate of drug-likeness (QED) is 0.324. The lowest BCUT2D eigenvalue weighted by atomic mass is 10.0. The fourth-order valence-electron chi connectivity index (χ4n) is 2.22. The fraction of sp³-hybridized carbons (Fsp3) is 0.714. The SMILES string of the molecule is CC.CC.CC.CSc1cc(Cl)c(NCCCCNCC2CNC2)cc1F. The number of anilines is 1. The molecular formula is C21H41ClFN3S. The van der Waals surface area contributed by atoms with E-state index >= 15 is 0 Å². The molecule has 0 aromatic heterocycles. The molecule has 27 heavy (non-hydrogen) atoms. The van der Waals surface area contributed by atoms with Gasteiger partial charge in [-0.3, -0.25) is 0 Å². The smallest absolute Gasteiger partial charge is 0.138 e. The zero-order valence-corrected chi connectivity index (χ0v) is 19.9. The zero-order valence-electron chi connectivity index (χ0n) is 18.3. The monoisotopic (exact) mass is 421 g/mol. The van der Waals surface area contributed by atoms with Crippen molar-refractivity contribution in [1.82, 2.24) is 10.6 Å². The highest BCUT2D eigenvalue weighted by Crippen LogP contribution is 2.30. The zero-order chi connectivity index (χ0) is 21.1. The van der Waals surface area contributed by atoms with Gasteiger partial charge < -0.3 is 16.0 Å². The Bertz CT molecular complexity index is 457. The minimum atomic E-state index is -0.217. The minimum Gasteiger partial charge on any atom is -0.384 e. The molecule has 2 rings (SSSR count). The standard InChI is InChI=1S/C15H23ClFN3S.3C2H6/c1-21-15-6-12(16)14(7-13(15)17)20-5-3-2-4-18-8-11-9-19-10-11;3*1-2/h6-7,11,18-20H,2-5,8-10H2,1H3;3*1-2H3. The number of benzene rings is 1. The van der Waals surface area contributed by atoms with E-state index in [0.717, 1.165) is 51.5 Å². The molecule has 160 valence electrons. The molecule has 1 fully saturated rings. The highest BCUT2D eigenvalue weighted by atomic mass is 35.5. The summed E-state index contributed by atoms with van der Waals surface area (Å²) in [7, 11) is 0. The normalized spacial score (nSPS) is 12.3. The molecule has 1 aromatic carbocycles. The lowest BCUT2D eigenvalue weighted by Crippen LogP contribution is -2.47. The third-order valence-electron chi connectivity index (χ3n) is 3.64. The van der Waals surface area contributed by atoms with E-state index in [4.69, 9.17) is 11.6 Å². The highest BCUT2D eigenvalue weighted by molar-refractivity contribution is 7.98. The molecule has 3 nitrogen and oxygen atoms in total. The molecule has 3 N–H and O–H groups in total. The first kappa shape index (κ1) is 28.7. The van der Waals surface area contributed by atoms with E-state index in [1.54, 1.807) is 6.07 Å². The summed E-state index contributed by atoms with van der Waals surface area (Å²) in [5.74, 6) is 0.588. The van der Waals surface area contributed by atoms with E-state index in [1.165, 1.54) is 17.8 Å². The van der Waals surface area contributed by atoms with E-state index in [9.17, 15) is 4.39 Å². The summed E-state index contributed by atoms with van der Waals surface area (Å²) in [6.45, 7) is 17.2. The molecule has 1 heterocycles. The molecule has 0 amide bonds. The summed E-state index contributed by atoms with van der Waals surface area (Å²) in [5.41, 5.74) is 0.681. The molecule has 0 saturated carbocycles. The van der Waals surface area contributed by atoms with Gasteiger partial charge in [0.05, 0.1) is 10.7 Å². The Labute approximate surface area is 176 Å². The molecule has 0 spiro atoms. The summed E-state index contributed by atoms with van der Waals surface area (Å²) < 4.78 is 13.7. The van der Waals surface area contributed by atoms with Gasteiger partial charge in [0.2, 0.25) is 0 Å². The molecule has 1 aliphatic rings. The van der Waals surface area contributed by atoms with E-state index in [0.29, 0.717) is 15.6 Å². The Morgan fingerprint density at radius 2 is 1.67 bits per heavy atom. The van der Waals surface area contributed by atoms with Crippen LogP contribution in [-0.2, 0) is 0 Å². The van der Waals surface area contributed by atoms with Crippen LogP contribution in [0.25, 0.3) is 0 Å². The van der Waals surface area contributed by atoms with Crippen LogP contribution < -0.4 is 16.0 Å². The van der Waals surface area contributed by atoms with Gasteiger partial charge in [-0.25, -0.2) is 4.39 Å². The Morgan fingerprint density at radius 3 is 2.19 bits per heavy atom. The van der Waals surface area contributed by atoms with Crippen LogP contribution in [0, 0.1) is 11.7 Å². The summed E-state index contributed by atoms with van der Waals surface area (Å²) >= 11 is 7.50. The number of unbranched alkanes of at least 4 members (excludes halogenated alkanes) is 1. The van der Waals surface area contributed by atoms with Crippen molar-refractivity contribution in [2.24, 2.45) is 5.92 Å². The maximum absolute atomic E-state index is 13.7. The molecule has 1 aliphatic heterocycles. The number of rotatable bonds is 9. The fourth-order valence-corrected chi connectivity index (χ4v) is 3.00. The first-order chi connectivity index (χ1) is 13.2. The first-order valence-corrected chi connectivity index (χ1v) is 12.0. The third kappa shape index (κ3) is 12.6. The lowest BCUT2D eigenvalue weighted by molar-refractivity contribution is 0.331. The van der Waals surface area contributed by atoms with Crippen molar-refractivity contribution in [2.45, 2.75) is 59.3 Å². The van der Waals surface area contributed by atoms with Crippen LogP contribution in [0.2, 0.25) is 5.02 Å². The second-order valence-electron chi connectivity index (χ2n) is 5.33. The van der Waals surface area contributed by atoms with Crippen LogP contribution in [0.1, 0.15) is 54.4 Å². The van der Waals surface area contributed by atoms with Crippen molar-refractivity contribution in [3.05, 3.63) is 23.0 Å². The van der Waals surface area contributed by atoms with E-state index in [2.05, 4.69) is 16.0 Å². The van der Waals surface area contributed by atoms with Crippen molar-refractivity contribution < 1.29 is 4.39 Å². The van der Waals surface area contributed by atoms with Crippen LogP contribution in [0.15, 0.2) is 17.0 Å². The van der Waals surface area contributed by atoms with Gasteiger partial charge in [-0.1, -0.05) is 53.1 Å². The average molecular weight is 422 g/mol. The Balaban J connectivity index is 0. The summed E-state index contributed by atoms with van der Waals surface area (Å²) in [6, 6.07) is 3.16. The predicted molar refractivity (Wildman–Crippen MR) is 124 cm³/mol. The number of nitrogens with one attached hydrogen (secondary N) is 3. The van der Waals surface area contributed by atoms with Gasteiger partial charge in [0.1, 0.15) is 5.82 Å². The van der Waals surface area contributed by atoms with Crippen molar-refractivity contribution >= 4 is 29.1 Å². The molecule has 1 saturated heterocycles. The average Bonchev–Trinajstić information content (AvgIpc) is 2.69. The summed E-state index contributed by atoms with van der Waals surface area (Å²) in [6.07, 6.45) is 3.99. The molecular weight excluding hydrogens is 381 g/mol. The molecule has 0 unspecified atom stereocenters. The van der Waals surface area contributed by atoms with E-state index < -0.39 is 0 Å². The third-order valence-corrected chi connectivity index (χ3v) is 4.70. The topological polar surface area (TPSA) is 36.1 Å². The van der Waals surface area contributed by atoms with Crippen LogP contribution in [0.3, 0.4) is 0 Å². The first-order valence-electron chi connectivity index (χ1n) is 10.4. The van der Waals surface area contributed by atoms with Gasteiger partial charge in [0.15, 0.2) is 0 Å². The highest BCUT2D eigenvalue weighted by Gasteiger charge is 2.15. The maximum Gasteiger partial charge on any atom is 0.138 e. The largest absolute Gasteiger partial charge is 0.384 e. The second-order valence-corrected chi connectivity index (χ2v) is 6.58.